The molecule has 4 nitrogen and oxygen atoms in total. The van der Waals surface area contributed by atoms with E-state index in [1.165, 1.54) is 5.56 Å². The normalized spacial score (nSPS) is 19.9. The van der Waals surface area contributed by atoms with Crippen LogP contribution in [0.2, 0.25) is 0 Å². The summed E-state index contributed by atoms with van der Waals surface area (Å²) in [7, 11) is -3.41. The fourth-order valence-electron chi connectivity index (χ4n) is 2.37. The molecule has 0 saturated carbocycles. The number of benzene rings is 2. The summed E-state index contributed by atoms with van der Waals surface area (Å²) in [6.45, 7) is 0. The molecule has 0 amide bonds. The molecule has 0 spiro atoms. The highest BCUT2D eigenvalue weighted by Crippen LogP contribution is 2.26. The second kappa shape index (κ2) is 5.26. The van der Waals surface area contributed by atoms with Crippen LogP contribution in [0.3, 0.4) is 0 Å². The van der Waals surface area contributed by atoms with E-state index in [9.17, 15) is 8.42 Å². The largest absolute Gasteiger partial charge is 0.368 e. The van der Waals surface area contributed by atoms with E-state index in [2.05, 4.69) is 10.0 Å². The average molecular weight is 288 g/mol. The van der Waals surface area contributed by atoms with Gasteiger partial charge in [0.2, 0.25) is 10.0 Å². The lowest BCUT2D eigenvalue weighted by Crippen LogP contribution is -2.44. The molecule has 1 unspecified atom stereocenters. The van der Waals surface area contributed by atoms with Crippen molar-refractivity contribution in [3.05, 3.63) is 60.2 Å². The van der Waals surface area contributed by atoms with Crippen LogP contribution < -0.4 is 10.0 Å². The molecule has 0 saturated heterocycles. The highest BCUT2D eigenvalue weighted by Gasteiger charge is 2.28. The van der Waals surface area contributed by atoms with Gasteiger partial charge >= 0.3 is 0 Å². The number of rotatable bonds is 3. The SMILES string of the molecule is O=S1(=O)NC(CCc2ccccc2)Nc2ccccc21. The molecule has 2 N–H and O–H groups in total. The van der Waals surface area contributed by atoms with Crippen LogP contribution in [-0.2, 0) is 16.4 Å². The Morgan fingerprint density at radius 2 is 1.65 bits per heavy atom. The molecule has 0 radical (unpaired) electrons. The summed E-state index contributed by atoms with van der Waals surface area (Å²) in [5, 5.41) is 3.23. The minimum absolute atomic E-state index is 0.268. The van der Waals surface area contributed by atoms with E-state index in [0.29, 0.717) is 17.0 Å². The molecular formula is C15H16N2O2S. The van der Waals surface area contributed by atoms with Crippen molar-refractivity contribution in [1.29, 1.82) is 0 Å². The van der Waals surface area contributed by atoms with Crippen molar-refractivity contribution in [3.8, 4) is 0 Å². The van der Waals surface area contributed by atoms with Gasteiger partial charge in [-0.05, 0) is 30.5 Å². The topological polar surface area (TPSA) is 58.2 Å². The monoisotopic (exact) mass is 288 g/mol. The maximum atomic E-state index is 12.1. The number of nitrogens with one attached hydrogen (secondary N) is 2. The Bertz CT molecular complexity index is 699. The van der Waals surface area contributed by atoms with Crippen molar-refractivity contribution in [1.82, 2.24) is 4.72 Å². The highest BCUT2D eigenvalue weighted by atomic mass is 32.2. The van der Waals surface area contributed by atoms with Crippen LogP contribution in [0.1, 0.15) is 12.0 Å². The molecule has 20 heavy (non-hydrogen) atoms. The number of anilines is 1. The van der Waals surface area contributed by atoms with E-state index < -0.39 is 10.0 Å². The van der Waals surface area contributed by atoms with Gasteiger partial charge in [0.05, 0.1) is 11.9 Å². The third kappa shape index (κ3) is 2.69. The summed E-state index contributed by atoms with van der Waals surface area (Å²) in [5.74, 6) is 0. The van der Waals surface area contributed by atoms with E-state index in [-0.39, 0.29) is 6.17 Å². The zero-order valence-corrected chi connectivity index (χ0v) is 11.7. The minimum Gasteiger partial charge on any atom is -0.368 e. The Morgan fingerprint density at radius 3 is 2.45 bits per heavy atom. The smallest absolute Gasteiger partial charge is 0.244 e. The van der Waals surface area contributed by atoms with Crippen LogP contribution in [-0.4, -0.2) is 14.6 Å². The van der Waals surface area contributed by atoms with Gasteiger partial charge in [-0.25, -0.2) is 8.42 Å². The van der Waals surface area contributed by atoms with Gasteiger partial charge in [0.25, 0.3) is 0 Å². The van der Waals surface area contributed by atoms with Gasteiger partial charge in [-0.1, -0.05) is 42.5 Å². The molecular weight excluding hydrogens is 272 g/mol. The predicted octanol–water partition coefficient (Wildman–Crippen LogP) is 2.35. The van der Waals surface area contributed by atoms with Crippen molar-refractivity contribution < 1.29 is 8.42 Å². The number of aryl methyl sites for hydroxylation is 1. The Labute approximate surface area is 118 Å². The molecule has 1 heterocycles. The second-order valence-corrected chi connectivity index (χ2v) is 6.52. The Morgan fingerprint density at radius 1 is 0.950 bits per heavy atom. The van der Waals surface area contributed by atoms with E-state index >= 15 is 0 Å². The molecule has 0 fully saturated rings. The number of hydrogen-bond acceptors (Lipinski definition) is 3. The first-order valence-electron chi connectivity index (χ1n) is 6.57. The average Bonchev–Trinajstić information content (AvgIpc) is 2.46. The lowest BCUT2D eigenvalue weighted by Gasteiger charge is -2.27. The molecule has 104 valence electrons. The van der Waals surface area contributed by atoms with Gasteiger partial charge in [-0.2, -0.15) is 4.72 Å². The maximum absolute atomic E-state index is 12.1. The maximum Gasteiger partial charge on any atom is 0.244 e. The fraction of sp³-hybridized carbons (Fsp3) is 0.200. The van der Waals surface area contributed by atoms with Crippen molar-refractivity contribution >= 4 is 15.7 Å². The molecule has 0 aliphatic carbocycles. The summed E-state index contributed by atoms with van der Waals surface area (Å²) >= 11 is 0. The van der Waals surface area contributed by atoms with Crippen molar-refractivity contribution in [2.75, 3.05) is 5.32 Å². The molecule has 1 aliphatic rings. The highest BCUT2D eigenvalue weighted by molar-refractivity contribution is 7.89. The van der Waals surface area contributed by atoms with Crippen LogP contribution in [0.4, 0.5) is 5.69 Å². The van der Waals surface area contributed by atoms with Crippen LogP contribution in [0.15, 0.2) is 59.5 Å². The fourth-order valence-corrected chi connectivity index (χ4v) is 3.73. The third-order valence-corrected chi connectivity index (χ3v) is 4.90. The van der Waals surface area contributed by atoms with Crippen LogP contribution in [0.5, 0.6) is 0 Å². The first-order valence-corrected chi connectivity index (χ1v) is 8.05. The molecule has 0 bridgehead atoms. The Balaban J connectivity index is 1.75. The van der Waals surface area contributed by atoms with E-state index in [1.807, 2.05) is 36.4 Å². The number of para-hydroxylation sites is 1. The van der Waals surface area contributed by atoms with Gasteiger partial charge in [-0.3, -0.25) is 0 Å². The van der Waals surface area contributed by atoms with Crippen LogP contribution in [0.25, 0.3) is 0 Å². The van der Waals surface area contributed by atoms with Gasteiger partial charge in [0.1, 0.15) is 4.90 Å². The zero-order valence-electron chi connectivity index (χ0n) is 10.9. The van der Waals surface area contributed by atoms with Crippen molar-refractivity contribution in [2.45, 2.75) is 23.9 Å². The quantitative estimate of drug-likeness (QED) is 0.911. The summed E-state index contributed by atoms with van der Waals surface area (Å²) < 4.78 is 27.0. The number of fused-ring (bicyclic) bond motifs is 1. The molecule has 0 aromatic heterocycles. The lowest BCUT2D eigenvalue weighted by atomic mass is 10.1. The summed E-state index contributed by atoms with van der Waals surface area (Å²) in [4.78, 5) is 0.316. The first kappa shape index (κ1) is 13.1. The van der Waals surface area contributed by atoms with Crippen LogP contribution >= 0.6 is 0 Å². The Kier molecular flexibility index (Phi) is 3.46. The van der Waals surface area contributed by atoms with Gasteiger partial charge in [0.15, 0.2) is 0 Å². The first-order chi connectivity index (χ1) is 9.65. The summed E-state index contributed by atoms with van der Waals surface area (Å²) in [5.41, 5.74) is 1.87. The van der Waals surface area contributed by atoms with Crippen molar-refractivity contribution in [2.24, 2.45) is 0 Å². The molecule has 3 rings (SSSR count). The molecule has 1 atom stereocenters. The summed E-state index contributed by atoms with van der Waals surface area (Å²) in [6, 6.07) is 17.0. The molecule has 2 aromatic rings. The van der Waals surface area contributed by atoms with E-state index in [4.69, 9.17) is 0 Å². The van der Waals surface area contributed by atoms with Gasteiger partial charge in [0, 0.05) is 0 Å². The number of hydrogen-bond donors (Lipinski definition) is 2. The lowest BCUT2D eigenvalue weighted by molar-refractivity contribution is 0.543. The van der Waals surface area contributed by atoms with Crippen molar-refractivity contribution in [3.63, 3.8) is 0 Å². The summed E-state index contributed by atoms with van der Waals surface area (Å²) in [6.07, 6.45) is 1.26. The minimum atomic E-state index is -3.41. The predicted molar refractivity (Wildman–Crippen MR) is 78.9 cm³/mol. The number of sulfonamides is 1. The standard InChI is InChI=1S/C15H16N2O2S/c18-20(19)14-9-5-4-8-13(14)16-15(17-20)11-10-12-6-2-1-3-7-12/h1-9,15-17H,10-11H2. The van der Waals surface area contributed by atoms with Gasteiger partial charge < -0.3 is 5.32 Å². The second-order valence-electron chi connectivity index (χ2n) is 4.84. The molecule has 1 aliphatic heterocycles. The van der Waals surface area contributed by atoms with E-state index in [1.54, 1.807) is 18.2 Å². The third-order valence-electron chi connectivity index (χ3n) is 3.37. The van der Waals surface area contributed by atoms with E-state index in [0.717, 1.165) is 6.42 Å². The molecule has 5 heteroatoms. The Hall–Kier alpha value is -1.85. The van der Waals surface area contributed by atoms with Gasteiger partial charge in [-0.15, -0.1) is 0 Å². The van der Waals surface area contributed by atoms with Crippen LogP contribution in [0, 0.1) is 0 Å². The zero-order chi connectivity index (χ0) is 14.0. The molecule has 2 aromatic carbocycles.